The van der Waals surface area contributed by atoms with Crippen molar-refractivity contribution in [2.45, 2.75) is 25.2 Å². The maximum absolute atomic E-state index is 11.7. The Morgan fingerprint density at radius 3 is 2.45 bits per heavy atom. The van der Waals surface area contributed by atoms with Gasteiger partial charge in [0.15, 0.2) is 0 Å². The molecule has 1 aliphatic rings. The molecule has 3 rings (SSSR count). The molecule has 0 bridgehead atoms. The molecule has 7 nitrogen and oxygen atoms in total. The number of amides is 1. The van der Waals surface area contributed by atoms with Gasteiger partial charge in [0.05, 0.1) is 19.3 Å². The minimum absolute atomic E-state index is 0.188. The normalized spacial score (nSPS) is 16.1. The van der Waals surface area contributed by atoms with Gasteiger partial charge < -0.3 is 29.9 Å². The largest absolute Gasteiger partial charge is 0.445 e. The fourth-order valence-corrected chi connectivity index (χ4v) is 3.18. The molecular weight excluding hydrogens is 372 g/mol. The van der Waals surface area contributed by atoms with Crippen LogP contribution < -0.4 is 10.2 Å². The first-order valence-electron chi connectivity index (χ1n) is 9.87. The van der Waals surface area contributed by atoms with Crippen LogP contribution in [0.5, 0.6) is 0 Å². The Hall–Kier alpha value is -2.61. The number of carbonyl (C=O) groups excluding carboxylic acids is 1. The van der Waals surface area contributed by atoms with Gasteiger partial charge in [-0.3, -0.25) is 0 Å². The molecule has 1 heterocycles. The zero-order chi connectivity index (χ0) is 20.5. The lowest BCUT2D eigenvalue weighted by atomic mass is 10.0. The van der Waals surface area contributed by atoms with E-state index in [0.29, 0.717) is 18.8 Å². The van der Waals surface area contributed by atoms with Crippen molar-refractivity contribution < 1.29 is 24.5 Å². The molecule has 0 radical (unpaired) electrons. The molecule has 0 aromatic heterocycles. The molecule has 29 heavy (non-hydrogen) atoms. The van der Waals surface area contributed by atoms with Gasteiger partial charge in [0.2, 0.25) is 0 Å². The maximum Gasteiger partial charge on any atom is 0.407 e. The van der Waals surface area contributed by atoms with E-state index in [1.54, 1.807) is 0 Å². The monoisotopic (exact) mass is 400 g/mol. The van der Waals surface area contributed by atoms with Gasteiger partial charge in [-0.1, -0.05) is 42.5 Å². The second kappa shape index (κ2) is 10.8. The standard InChI is InChI=1S/C22H28N2O5/c25-20(10-11-23-22(27)29-16-17-4-2-1-3-5-17)21(26)18-6-8-19(9-7-18)24-12-14-28-15-13-24/h1-9,20-21,25-26H,10-16H2,(H,23,27). The Morgan fingerprint density at radius 2 is 1.76 bits per heavy atom. The second-order valence-electron chi connectivity index (χ2n) is 6.98. The van der Waals surface area contributed by atoms with Gasteiger partial charge >= 0.3 is 6.09 Å². The van der Waals surface area contributed by atoms with Gasteiger partial charge in [-0.25, -0.2) is 4.79 Å². The maximum atomic E-state index is 11.7. The number of ether oxygens (including phenoxy) is 2. The van der Waals surface area contributed by atoms with Crippen LogP contribution in [0.4, 0.5) is 10.5 Å². The fourth-order valence-electron chi connectivity index (χ4n) is 3.18. The highest BCUT2D eigenvalue weighted by Gasteiger charge is 2.19. The molecule has 1 saturated heterocycles. The smallest absolute Gasteiger partial charge is 0.407 e. The summed E-state index contributed by atoms with van der Waals surface area (Å²) in [5.41, 5.74) is 2.61. The summed E-state index contributed by atoms with van der Waals surface area (Å²) < 4.78 is 10.5. The number of alkyl carbamates (subject to hydrolysis) is 1. The summed E-state index contributed by atoms with van der Waals surface area (Å²) in [5.74, 6) is 0. The van der Waals surface area contributed by atoms with Crippen molar-refractivity contribution in [3.63, 3.8) is 0 Å². The first-order chi connectivity index (χ1) is 14.1. The van der Waals surface area contributed by atoms with Crippen LogP contribution in [0.25, 0.3) is 0 Å². The molecule has 2 unspecified atom stereocenters. The average molecular weight is 400 g/mol. The van der Waals surface area contributed by atoms with Gasteiger partial charge in [-0.2, -0.15) is 0 Å². The molecule has 2 aromatic carbocycles. The van der Waals surface area contributed by atoms with Crippen LogP contribution in [-0.4, -0.2) is 55.3 Å². The zero-order valence-corrected chi connectivity index (χ0v) is 16.4. The lowest BCUT2D eigenvalue weighted by molar-refractivity contribution is 0.0136. The summed E-state index contributed by atoms with van der Waals surface area (Å²) >= 11 is 0. The van der Waals surface area contributed by atoms with Crippen LogP contribution >= 0.6 is 0 Å². The van der Waals surface area contributed by atoms with Gasteiger partial charge in [0, 0.05) is 25.3 Å². The van der Waals surface area contributed by atoms with E-state index in [4.69, 9.17) is 9.47 Å². The van der Waals surface area contributed by atoms with Crippen molar-refractivity contribution in [1.29, 1.82) is 0 Å². The van der Waals surface area contributed by atoms with Crippen LogP contribution in [0.1, 0.15) is 23.7 Å². The van der Waals surface area contributed by atoms with E-state index in [1.807, 2.05) is 54.6 Å². The third-order valence-electron chi connectivity index (χ3n) is 4.90. The molecule has 3 N–H and O–H groups in total. The number of rotatable bonds is 8. The van der Waals surface area contributed by atoms with Crippen molar-refractivity contribution in [3.8, 4) is 0 Å². The molecule has 0 spiro atoms. The summed E-state index contributed by atoms with van der Waals surface area (Å²) in [6.45, 7) is 3.51. The molecule has 2 aromatic rings. The van der Waals surface area contributed by atoms with E-state index in [0.717, 1.165) is 24.3 Å². The number of benzene rings is 2. The van der Waals surface area contributed by atoms with Gasteiger partial charge in [0.1, 0.15) is 12.7 Å². The number of carbonyl (C=O) groups is 1. The number of aliphatic hydroxyl groups is 2. The van der Waals surface area contributed by atoms with E-state index < -0.39 is 18.3 Å². The van der Waals surface area contributed by atoms with E-state index in [1.165, 1.54) is 0 Å². The fraction of sp³-hybridized carbons (Fsp3) is 0.409. The summed E-state index contributed by atoms with van der Waals surface area (Å²) in [7, 11) is 0. The Morgan fingerprint density at radius 1 is 1.07 bits per heavy atom. The van der Waals surface area contributed by atoms with Crippen molar-refractivity contribution in [1.82, 2.24) is 5.32 Å². The van der Waals surface area contributed by atoms with Crippen molar-refractivity contribution >= 4 is 11.8 Å². The van der Waals surface area contributed by atoms with Crippen LogP contribution in [0.2, 0.25) is 0 Å². The lowest BCUT2D eigenvalue weighted by Crippen LogP contribution is -2.36. The molecule has 7 heteroatoms. The van der Waals surface area contributed by atoms with Crippen molar-refractivity contribution in [2.75, 3.05) is 37.7 Å². The topological polar surface area (TPSA) is 91.3 Å². The first kappa shape index (κ1) is 21.1. The third kappa shape index (κ3) is 6.45. The Kier molecular flexibility index (Phi) is 7.86. The molecular formula is C22H28N2O5. The van der Waals surface area contributed by atoms with Gasteiger partial charge in [-0.15, -0.1) is 0 Å². The predicted octanol–water partition coefficient (Wildman–Crippen LogP) is 2.23. The summed E-state index contributed by atoms with van der Waals surface area (Å²) in [6, 6.07) is 16.9. The molecule has 1 aliphatic heterocycles. The zero-order valence-electron chi connectivity index (χ0n) is 16.4. The average Bonchev–Trinajstić information content (AvgIpc) is 2.78. The van der Waals surface area contributed by atoms with Crippen LogP contribution in [0.15, 0.2) is 54.6 Å². The minimum atomic E-state index is -1.02. The van der Waals surface area contributed by atoms with Crippen molar-refractivity contribution in [3.05, 3.63) is 65.7 Å². The number of morpholine rings is 1. The summed E-state index contributed by atoms with van der Waals surface area (Å²) in [6.07, 6.45) is -2.34. The third-order valence-corrected chi connectivity index (χ3v) is 4.90. The van der Waals surface area contributed by atoms with Gasteiger partial charge in [-0.05, 0) is 29.7 Å². The minimum Gasteiger partial charge on any atom is -0.445 e. The Bertz CT molecular complexity index is 748. The van der Waals surface area contributed by atoms with E-state index >= 15 is 0 Å². The molecule has 0 aliphatic carbocycles. The highest BCUT2D eigenvalue weighted by Crippen LogP contribution is 2.23. The number of nitrogens with zero attached hydrogens (tertiary/aromatic N) is 1. The van der Waals surface area contributed by atoms with Crippen molar-refractivity contribution in [2.24, 2.45) is 0 Å². The Balaban J connectivity index is 1.39. The lowest BCUT2D eigenvalue weighted by Gasteiger charge is -2.29. The molecule has 0 saturated carbocycles. The van der Waals surface area contributed by atoms with E-state index in [9.17, 15) is 15.0 Å². The van der Waals surface area contributed by atoms with E-state index in [2.05, 4.69) is 10.2 Å². The van der Waals surface area contributed by atoms with Crippen LogP contribution in [0, 0.1) is 0 Å². The van der Waals surface area contributed by atoms with E-state index in [-0.39, 0.29) is 19.6 Å². The second-order valence-corrected chi connectivity index (χ2v) is 6.98. The number of nitrogens with one attached hydrogen (secondary N) is 1. The molecule has 156 valence electrons. The SMILES string of the molecule is O=C(NCCC(O)C(O)c1ccc(N2CCOCC2)cc1)OCc1ccccc1. The molecule has 2 atom stereocenters. The predicted molar refractivity (Wildman–Crippen MR) is 110 cm³/mol. The molecule has 1 fully saturated rings. The first-order valence-corrected chi connectivity index (χ1v) is 9.87. The Labute approximate surface area is 170 Å². The number of hydrogen-bond donors (Lipinski definition) is 3. The highest BCUT2D eigenvalue weighted by atomic mass is 16.5. The number of aliphatic hydroxyl groups excluding tert-OH is 2. The van der Waals surface area contributed by atoms with Crippen LogP contribution in [0.3, 0.4) is 0 Å². The quantitative estimate of drug-likeness (QED) is 0.630. The molecule has 1 amide bonds. The summed E-state index contributed by atoms with van der Waals surface area (Å²) in [5, 5.41) is 23.2. The van der Waals surface area contributed by atoms with Crippen LogP contribution in [-0.2, 0) is 16.1 Å². The number of anilines is 1. The number of hydrogen-bond acceptors (Lipinski definition) is 6. The van der Waals surface area contributed by atoms with Gasteiger partial charge in [0.25, 0.3) is 0 Å². The highest BCUT2D eigenvalue weighted by molar-refractivity contribution is 5.67. The summed E-state index contributed by atoms with van der Waals surface area (Å²) in [4.78, 5) is 14.0.